The van der Waals surface area contributed by atoms with E-state index in [0.717, 1.165) is 44.1 Å². The lowest BCUT2D eigenvalue weighted by molar-refractivity contribution is 0.0993. The normalized spacial score (nSPS) is 16.8. The van der Waals surface area contributed by atoms with Gasteiger partial charge in [-0.25, -0.2) is 4.68 Å². The molecule has 0 saturated carbocycles. The van der Waals surface area contributed by atoms with Gasteiger partial charge in [0.25, 0.3) is 5.91 Å². The first-order valence-electron chi connectivity index (χ1n) is 9.14. The van der Waals surface area contributed by atoms with Gasteiger partial charge in [-0.05, 0) is 30.8 Å². The Kier molecular flexibility index (Phi) is 5.16. The zero-order valence-electron chi connectivity index (χ0n) is 16.2. The van der Waals surface area contributed by atoms with Gasteiger partial charge in [-0.2, -0.15) is 5.10 Å². The van der Waals surface area contributed by atoms with Gasteiger partial charge < -0.3 is 10.6 Å². The molecule has 1 amide bonds. The molecule has 3 rings (SSSR count). The van der Waals surface area contributed by atoms with Gasteiger partial charge in [-0.3, -0.25) is 9.69 Å². The zero-order chi connectivity index (χ0) is 18.9. The summed E-state index contributed by atoms with van der Waals surface area (Å²) < 4.78 is 1.66. The largest absolute Gasteiger partial charge is 0.364 e. The number of hydrogen-bond acceptors (Lipinski definition) is 4. The summed E-state index contributed by atoms with van der Waals surface area (Å²) >= 11 is 0. The van der Waals surface area contributed by atoms with Crippen LogP contribution in [0.4, 0.5) is 0 Å². The van der Waals surface area contributed by atoms with Crippen molar-refractivity contribution in [3.63, 3.8) is 0 Å². The second-order valence-corrected chi connectivity index (χ2v) is 8.19. The van der Waals surface area contributed by atoms with Crippen LogP contribution in [0.3, 0.4) is 0 Å². The molecule has 6 heteroatoms. The van der Waals surface area contributed by atoms with E-state index >= 15 is 0 Å². The third-order valence-electron chi connectivity index (χ3n) is 4.91. The second kappa shape index (κ2) is 7.21. The molecule has 1 aromatic heterocycles. The molecule has 2 N–H and O–H groups in total. The van der Waals surface area contributed by atoms with Crippen molar-refractivity contribution in [1.82, 2.24) is 19.6 Å². The highest BCUT2D eigenvalue weighted by atomic mass is 16.1. The van der Waals surface area contributed by atoms with E-state index in [2.05, 4.69) is 54.9 Å². The van der Waals surface area contributed by atoms with Gasteiger partial charge >= 0.3 is 0 Å². The number of rotatable bonds is 4. The van der Waals surface area contributed by atoms with Crippen molar-refractivity contribution in [2.75, 3.05) is 33.2 Å². The first-order valence-corrected chi connectivity index (χ1v) is 9.14. The van der Waals surface area contributed by atoms with E-state index in [1.54, 1.807) is 10.7 Å². The molecule has 1 fully saturated rings. The summed E-state index contributed by atoms with van der Waals surface area (Å²) in [7, 11) is 2.17. The molecule has 0 unspecified atom stereocenters. The minimum absolute atomic E-state index is 0.142. The molecule has 0 aliphatic carbocycles. The number of likely N-dealkylation sites (N-methyl/N-ethyl adjacent to an activating group) is 1. The monoisotopic (exact) mass is 355 g/mol. The Bertz CT molecular complexity index is 764. The van der Waals surface area contributed by atoms with Crippen molar-refractivity contribution in [3.8, 4) is 5.69 Å². The molecular weight excluding hydrogens is 326 g/mol. The van der Waals surface area contributed by atoms with E-state index in [0.29, 0.717) is 5.69 Å². The molecule has 0 bridgehead atoms. The summed E-state index contributed by atoms with van der Waals surface area (Å²) in [5, 5.41) is 4.63. The Morgan fingerprint density at radius 3 is 2.27 bits per heavy atom. The molecule has 0 radical (unpaired) electrons. The first-order chi connectivity index (χ1) is 12.2. The Morgan fingerprint density at radius 1 is 1.12 bits per heavy atom. The number of carbonyl (C=O) groups excluding carboxylic acids is 1. The van der Waals surface area contributed by atoms with Crippen LogP contribution < -0.4 is 5.73 Å². The predicted octanol–water partition coefficient (Wildman–Crippen LogP) is 2.02. The van der Waals surface area contributed by atoms with Crippen LogP contribution in [0.5, 0.6) is 0 Å². The number of benzene rings is 1. The zero-order valence-corrected chi connectivity index (χ0v) is 16.2. The summed E-state index contributed by atoms with van der Waals surface area (Å²) in [6.07, 6.45) is 0. The maximum Gasteiger partial charge on any atom is 0.267 e. The molecule has 2 heterocycles. The molecule has 6 nitrogen and oxygen atoms in total. The van der Waals surface area contributed by atoms with E-state index in [9.17, 15) is 4.79 Å². The number of nitrogens with zero attached hydrogens (tertiary/aromatic N) is 4. The van der Waals surface area contributed by atoms with E-state index < -0.39 is 5.91 Å². The van der Waals surface area contributed by atoms with Gasteiger partial charge in [0.15, 0.2) is 0 Å². The van der Waals surface area contributed by atoms with Crippen molar-refractivity contribution < 1.29 is 4.79 Å². The van der Waals surface area contributed by atoms with Crippen molar-refractivity contribution in [1.29, 1.82) is 0 Å². The van der Waals surface area contributed by atoms with Crippen molar-refractivity contribution in [2.45, 2.75) is 32.7 Å². The second-order valence-electron chi connectivity index (χ2n) is 8.19. The van der Waals surface area contributed by atoms with Crippen molar-refractivity contribution in [3.05, 3.63) is 47.3 Å². The van der Waals surface area contributed by atoms with Gasteiger partial charge in [0.2, 0.25) is 0 Å². The standard InChI is InChI=1S/C20H29N5O/c1-20(2,3)18-13-17(19(21)26)25(22-18)16-7-5-15(6-8-16)14-24-11-9-23(4)10-12-24/h5-8,13H,9-12,14H2,1-4H3,(H2,21,26). The number of hydrogen-bond donors (Lipinski definition) is 1. The Hall–Kier alpha value is -2.18. The molecular formula is C20H29N5O. The van der Waals surface area contributed by atoms with Crippen LogP contribution in [0.2, 0.25) is 0 Å². The van der Waals surface area contributed by atoms with Crippen molar-refractivity contribution in [2.24, 2.45) is 5.73 Å². The maximum atomic E-state index is 11.8. The highest BCUT2D eigenvalue weighted by molar-refractivity contribution is 5.91. The van der Waals surface area contributed by atoms with E-state index in [1.165, 1.54) is 5.56 Å². The van der Waals surface area contributed by atoms with Crippen LogP contribution in [0.1, 0.15) is 42.5 Å². The van der Waals surface area contributed by atoms with Gasteiger partial charge in [-0.1, -0.05) is 32.9 Å². The molecule has 1 aliphatic rings. The molecule has 1 aromatic carbocycles. The van der Waals surface area contributed by atoms with Gasteiger partial charge in [0.1, 0.15) is 5.69 Å². The molecule has 2 aromatic rings. The average Bonchev–Trinajstić information content (AvgIpc) is 3.04. The number of nitrogens with two attached hydrogens (primary N) is 1. The Labute approximate surface area is 155 Å². The third kappa shape index (κ3) is 4.14. The smallest absolute Gasteiger partial charge is 0.267 e. The van der Waals surface area contributed by atoms with Crippen LogP contribution >= 0.6 is 0 Å². The predicted molar refractivity (Wildman–Crippen MR) is 104 cm³/mol. The summed E-state index contributed by atoms with van der Waals surface area (Å²) in [5.74, 6) is -0.463. The highest BCUT2D eigenvalue weighted by Crippen LogP contribution is 2.24. The number of primary amides is 1. The minimum atomic E-state index is -0.463. The maximum absolute atomic E-state index is 11.8. The highest BCUT2D eigenvalue weighted by Gasteiger charge is 2.22. The third-order valence-corrected chi connectivity index (χ3v) is 4.91. The quantitative estimate of drug-likeness (QED) is 0.911. The van der Waals surface area contributed by atoms with Crippen LogP contribution in [0, 0.1) is 0 Å². The molecule has 0 atom stereocenters. The first kappa shape index (κ1) is 18.6. The fourth-order valence-corrected chi connectivity index (χ4v) is 3.13. The van der Waals surface area contributed by atoms with E-state index in [1.807, 2.05) is 12.1 Å². The summed E-state index contributed by atoms with van der Waals surface area (Å²) in [4.78, 5) is 16.7. The van der Waals surface area contributed by atoms with E-state index in [4.69, 9.17) is 5.73 Å². The fourth-order valence-electron chi connectivity index (χ4n) is 3.13. The van der Waals surface area contributed by atoms with Gasteiger partial charge in [-0.15, -0.1) is 0 Å². The topological polar surface area (TPSA) is 67.4 Å². The van der Waals surface area contributed by atoms with Crippen molar-refractivity contribution >= 4 is 5.91 Å². The fraction of sp³-hybridized carbons (Fsp3) is 0.500. The Morgan fingerprint density at radius 2 is 1.73 bits per heavy atom. The van der Waals surface area contributed by atoms with Crippen LogP contribution in [-0.2, 0) is 12.0 Å². The SMILES string of the molecule is CN1CCN(Cc2ccc(-n3nc(C(C)(C)C)cc3C(N)=O)cc2)CC1. The lowest BCUT2D eigenvalue weighted by Crippen LogP contribution is -2.43. The number of piperazine rings is 1. The minimum Gasteiger partial charge on any atom is -0.364 e. The summed E-state index contributed by atoms with van der Waals surface area (Å²) in [5.41, 5.74) is 8.82. The molecule has 26 heavy (non-hydrogen) atoms. The van der Waals surface area contributed by atoms with E-state index in [-0.39, 0.29) is 5.41 Å². The molecule has 140 valence electrons. The lowest BCUT2D eigenvalue weighted by Gasteiger charge is -2.32. The molecule has 1 saturated heterocycles. The molecule has 0 spiro atoms. The number of amides is 1. The van der Waals surface area contributed by atoms with Gasteiger partial charge in [0.05, 0.1) is 11.4 Å². The lowest BCUT2D eigenvalue weighted by atomic mass is 9.92. The average molecular weight is 355 g/mol. The summed E-state index contributed by atoms with van der Waals surface area (Å²) in [6.45, 7) is 11.6. The van der Waals surface area contributed by atoms with Crippen LogP contribution in [0.25, 0.3) is 5.69 Å². The number of carbonyl (C=O) groups is 1. The van der Waals surface area contributed by atoms with Gasteiger partial charge in [0, 0.05) is 38.1 Å². The summed E-state index contributed by atoms with van der Waals surface area (Å²) in [6, 6.07) is 10.0. The number of aromatic nitrogens is 2. The van der Waals surface area contributed by atoms with Crippen LogP contribution in [0.15, 0.2) is 30.3 Å². The van der Waals surface area contributed by atoms with Crippen LogP contribution in [-0.4, -0.2) is 58.7 Å². The molecule has 1 aliphatic heterocycles. The Balaban J connectivity index is 1.80.